The summed E-state index contributed by atoms with van der Waals surface area (Å²) in [5, 5.41) is 7.49. The fourth-order valence-corrected chi connectivity index (χ4v) is 0.991. The van der Waals surface area contributed by atoms with Gasteiger partial charge in [0.15, 0.2) is 0 Å². The molecular weight excluding hydrogens is 145 g/mol. The summed E-state index contributed by atoms with van der Waals surface area (Å²) in [6.07, 6.45) is 1.30. The van der Waals surface area contributed by atoms with Gasteiger partial charge < -0.3 is 0 Å². The quantitative estimate of drug-likeness (QED) is 0.565. The van der Waals surface area contributed by atoms with Gasteiger partial charge in [-0.3, -0.25) is 0 Å². The highest BCUT2D eigenvalue weighted by Gasteiger charge is 2.00. The molecule has 0 atom stereocenters. The summed E-state index contributed by atoms with van der Waals surface area (Å²) in [6, 6.07) is 3.05. The molecule has 2 aromatic heterocycles. The fourth-order valence-electron chi connectivity index (χ4n) is 0.991. The molecule has 56 valence electrons. The minimum atomic E-state index is -0.303. The van der Waals surface area contributed by atoms with Crippen molar-refractivity contribution in [3.8, 4) is 0 Å². The van der Waals surface area contributed by atoms with Crippen molar-refractivity contribution in [2.75, 3.05) is 0 Å². The summed E-state index contributed by atoms with van der Waals surface area (Å²) in [6.45, 7) is 1.83. The zero-order valence-corrected chi connectivity index (χ0v) is 5.95. The summed E-state index contributed by atoms with van der Waals surface area (Å²) >= 11 is 0. The molecule has 4 heteroatoms. The monoisotopic (exact) mass is 151 g/mol. The van der Waals surface area contributed by atoms with Crippen molar-refractivity contribution in [3.63, 3.8) is 0 Å². The van der Waals surface area contributed by atoms with Crippen LogP contribution in [-0.4, -0.2) is 14.8 Å². The Labute approximate surface area is 62.5 Å². The second-order valence-corrected chi connectivity index (χ2v) is 2.35. The van der Waals surface area contributed by atoms with Gasteiger partial charge in [0.05, 0.1) is 17.4 Å². The van der Waals surface area contributed by atoms with E-state index in [1.54, 1.807) is 6.07 Å². The predicted octanol–water partition coefficient (Wildman–Crippen LogP) is 1.18. The van der Waals surface area contributed by atoms with Crippen molar-refractivity contribution in [2.24, 2.45) is 0 Å². The van der Waals surface area contributed by atoms with Crippen molar-refractivity contribution < 1.29 is 4.39 Å². The molecule has 0 amide bonds. The third-order valence-electron chi connectivity index (χ3n) is 1.55. The van der Waals surface area contributed by atoms with E-state index in [2.05, 4.69) is 10.3 Å². The Morgan fingerprint density at radius 2 is 2.27 bits per heavy atom. The first-order valence-corrected chi connectivity index (χ1v) is 3.24. The summed E-state index contributed by atoms with van der Waals surface area (Å²) in [7, 11) is 0. The van der Waals surface area contributed by atoms with Crippen molar-refractivity contribution in [3.05, 3.63) is 29.8 Å². The van der Waals surface area contributed by atoms with Crippen molar-refractivity contribution in [1.82, 2.24) is 14.8 Å². The Balaban J connectivity index is 2.86. The van der Waals surface area contributed by atoms with E-state index in [4.69, 9.17) is 0 Å². The van der Waals surface area contributed by atoms with Crippen molar-refractivity contribution >= 4 is 5.52 Å². The Morgan fingerprint density at radius 1 is 1.45 bits per heavy atom. The lowest BCUT2D eigenvalue weighted by Crippen LogP contribution is -1.87. The maximum atomic E-state index is 12.6. The van der Waals surface area contributed by atoms with E-state index >= 15 is 0 Å². The van der Waals surface area contributed by atoms with Crippen LogP contribution in [0, 0.1) is 12.7 Å². The third-order valence-corrected chi connectivity index (χ3v) is 1.55. The minimum Gasteiger partial charge on any atom is -0.218 e. The molecular formula is C7H6FN3. The van der Waals surface area contributed by atoms with Crippen molar-refractivity contribution in [2.45, 2.75) is 6.92 Å². The molecule has 0 aliphatic rings. The first-order valence-electron chi connectivity index (χ1n) is 3.24. The van der Waals surface area contributed by atoms with Crippen LogP contribution in [0.4, 0.5) is 4.39 Å². The van der Waals surface area contributed by atoms with Crippen molar-refractivity contribution in [1.29, 1.82) is 0 Å². The largest absolute Gasteiger partial charge is 0.218 e. The second-order valence-electron chi connectivity index (χ2n) is 2.35. The van der Waals surface area contributed by atoms with Gasteiger partial charge in [0.25, 0.3) is 0 Å². The van der Waals surface area contributed by atoms with Gasteiger partial charge in [0, 0.05) is 0 Å². The third kappa shape index (κ3) is 0.869. The normalized spacial score (nSPS) is 10.7. The Morgan fingerprint density at radius 3 is 3.09 bits per heavy atom. The first-order chi connectivity index (χ1) is 5.27. The topological polar surface area (TPSA) is 30.2 Å². The number of aromatic nitrogens is 3. The maximum absolute atomic E-state index is 12.6. The van der Waals surface area contributed by atoms with Crippen LogP contribution in [0.2, 0.25) is 0 Å². The van der Waals surface area contributed by atoms with Crippen LogP contribution < -0.4 is 0 Å². The lowest BCUT2D eigenvalue weighted by atomic mass is 10.3. The zero-order valence-electron chi connectivity index (χ0n) is 5.95. The fraction of sp³-hybridized carbons (Fsp3) is 0.143. The van der Waals surface area contributed by atoms with Crippen LogP contribution >= 0.6 is 0 Å². The van der Waals surface area contributed by atoms with Gasteiger partial charge >= 0.3 is 0 Å². The highest BCUT2D eigenvalue weighted by molar-refractivity contribution is 5.49. The van der Waals surface area contributed by atoms with Crippen LogP contribution in [0.3, 0.4) is 0 Å². The molecule has 0 saturated carbocycles. The molecule has 3 nitrogen and oxygen atoms in total. The molecule has 0 saturated heterocycles. The Kier molecular flexibility index (Phi) is 1.15. The van der Waals surface area contributed by atoms with Crippen LogP contribution in [0.25, 0.3) is 5.52 Å². The molecule has 0 unspecified atom stereocenters. The number of nitrogens with zero attached hydrogens (tertiary/aromatic N) is 3. The number of rotatable bonds is 0. The molecule has 0 spiro atoms. The van der Waals surface area contributed by atoms with E-state index in [0.29, 0.717) is 0 Å². The summed E-state index contributed by atoms with van der Waals surface area (Å²) in [5.41, 5.74) is 1.65. The van der Waals surface area contributed by atoms with Gasteiger partial charge in [-0.15, -0.1) is 5.10 Å². The average molecular weight is 151 g/mol. The van der Waals surface area contributed by atoms with Gasteiger partial charge in [-0.1, -0.05) is 5.21 Å². The highest BCUT2D eigenvalue weighted by atomic mass is 19.1. The van der Waals surface area contributed by atoms with E-state index in [1.165, 1.54) is 16.8 Å². The zero-order chi connectivity index (χ0) is 7.84. The number of halogens is 1. The molecule has 2 rings (SSSR count). The highest BCUT2D eigenvalue weighted by Crippen LogP contribution is 2.06. The Hall–Kier alpha value is -1.45. The van der Waals surface area contributed by atoms with E-state index < -0.39 is 0 Å². The van der Waals surface area contributed by atoms with Gasteiger partial charge in [-0.25, -0.2) is 8.91 Å². The summed E-state index contributed by atoms with van der Waals surface area (Å²) in [5.74, 6) is -0.303. The SMILES string of the molecule is Cc1nnn2cc(F)ccc12. The lowest BCUT2D eigenvalue weighted by Gasteiger charge is -1.90. The van der Waals surface area contributed by atoms with Crippen LogP contribution in [0.5, 0.6) is 0 Å². The average Bonchev–Trinajstić information content (AvgIpc) is 2.32. The van der Waals surface area contributed by atoms with Crippen LogP contribution in [-0.2, 0) is 0 Å². The van der Waals surface area contributed by atoms with E-state index in [-0.39, 0.29) is 5.82 Å². The molecule has 0 fully saturated rings. The van der Waals surface area contributed by atoms with Gasteiger partial charge in [0.1, 0.15) is 5.82 Å². The molecule has 2 aromatic rings. The van der Waals surface area contributed by atoms with E-state index in [0.717, 1.165) is 11.2 Å². The number of pyridine rings is 1. The van der Waals surface area contributed by atoms with E-state index in [9.17, 15) is 4.39 Å². The first kappa shape index (κ1) is 6.27. The predicted molar refractivity (Wildman–Crippen MR) is 37.7 cm³/mol. The lowest BCUT2D eigenvalue weighted by molar-refractivity contribution is 0.612. The summed E-state index contributed by atoms with van der Waals surface area (Å²) in [4.78, 5) is 0. The molecule has 0 radical (unpaired) electrons. The molecule has 2 heterocycles. The number of hydrogen-bond acceptors (Lipinski definition) is 2. The number of fused-ring (bicyclic) bond motifs is 1. The number of aryl methyl sites for hydroxylation is 1. The molecule has 11 heavy (non-hydrogen) atoms. The second kappa shape index (κ2) is 2.02. The molecule has 0 aromatic carbocycles. The molecule has 0 N–H and O–H groups in total. The van der Waals surface area contributed by atoms with Gasteiger partial charge in [-0.05, 0) is 19.1 Å². The number of hydrogen-bond donors (Lipinski definition) is 0. The maximum Gasteiger partial charge on any atom is 0.141 e. The smallest absolute Gasteiger partial charge is 0.141 e. The van der Waals surface area contributed by atoms with Gasteiger partial charge in [0.2, 0.25) is 0 Å². The van der Waals surface area contributed by atoms with Crippen LogP contribution in [0.1, 0.15) is 5.69 Å². The standard InChI is InChI=1S/C7H6FN3/c1-5-7-3-2-6(8)4-11(7)10-9-5/h2-4H,1H3. The van der Waals surface area contributed by atoms with E-state index in [1.807, 2.05) is 6.92 Å². The Bertz CT molecular complexity index is 393. The molecule has 0 aliphatic carbocycles. The summed E-state index contributed by atoms with van der Waals surface area (Å²) < 4.78 is 14.0. The molecule has 0 aliphatic heterocycles. The minimum absolute atomic E-state index is 0.303. The molecule has 0 bridgehead atoms. The van der Waals surface area contributed by atoms with Gasteiger partial charge in [-0.2, -0.15) is 0 Å². The van der Waals surface area contributed by atoms with Crippen LogP contribution in [0.15, 0.2) is 18.3 Å².